The van der Waals surface area contributed by atoms with Crippen molar-refractivity contribution in [3.8, 4) is 0 Å². The van der Waals surface area contributed by atoms with E-state index in [1.54, 1.807) is 34.0 Å². The molecule has 0 aliphatic rings. The number of aromatic amines is 1. The lowest BCUT2D eigenvalue weighted by molar-refractivity contribution is 0.0705. The molecule has 106 valence electrons. The van der Waals surface area contributed by atoms with Crippen molar-refractivity contribution < 1.29 is 9.90 Å². The molecular weight excluding hydrogens is 266 g/mol. The van der Waals surface area contributed by atoms with Crippen LogP contribution in [0.2, 0.25) is 0 Å². The average molecular weight is 285 g/mol. The van der Waals surface area contributed by atoms with Crippen LogP contribution in [-0.2, 0) is 0 Å². The van der Waals surface area contributed by atoms with E-state index in [2.05, 4.69) is 15.3 Å². The first-order chi connectivity index (χ1) is 8.69. The summed E-state index contributed by atoms with van der Waals surface area (Å²) in [5, 5.41) is 12.7. The van der Waals surface area contributed by atoms with Crippen molar-refractivity contribution in [3.63, 3.8) is 0 Å². The van der Waals surface area contributed by atoms with Crippen molar-refractivity contribution in [2.75, 3.05) is 6.26 Å². The second-order valence-electron chi connectivity index (χ2n) is 4.90. The first-order valence-electron chi connectivity index (χ1n) is 5.84. The van der Waals surface area contributed by atoms with Crippen LogP contribution in [0.3, 0.4) is 0 Å². The molecular formula is C12H19N3O3S. The van der Waals surface area contributed by atoms with Gasteiger partial charge in [-0.3, -0.25) is 4.79 Å². The third-order valence-electron chi connectivity index (χ3n) is 2.99. The Kier molecular flexibility index (Phi) is 4.75. The Hall–Kier alpha value is -1.34. The number of nitrogens with zero attached hydrogens (tertiary/aromatic N) is 1. The third kappa shape index (κ3) is 3.57. The second-order valence-corrected chi connectivity index (χ2v) is 5.70. The summed E-state index contributed by atoms with van der Waals surface area (Å²) in [6.45, 7) is 6.70. The molecule has 0 aliphatic heterocycles. The molecule has 0 aliphatic carbocycles. The molecule has 1 aromatic rings. The molecule has 0 saturated carbocycles. The number of aliphatic hydroxyl groups is 1. The lowest BCUT2D eigenvalue weighted by Crippen LogP contribution is -2.51. The van der Waals surface area contributed by atoms with E-state index in [9.17, 15) is 14.7 Å². The molecule has 1 atom stereocenters. The van der Waals surface area contributed by atoms with Crippen molar-refractivity contribution in [2.45, 2.75) is 44.4 Å². The third-order valence-corrected chi connectivity index (χ3v) is 3.67. The van der Waals surface area contributed by atoms with Crippen LogP contribution < -0.4 is 11.0 Å². The Balaban J connectivity index is 3.17. The summed E-state index contributed by atoms with van der Waals surface area (Å²) < 4.78 is 0. The molecule has 0 bridgehead atoms. The fraction of sp³-hybridized carbons (Fsp3) is 0.583. The fourth-order valence-corrected chi connectivity index (χ4v) is 2.06. The van der Waals surface area contributed by atoms with Crippen molar-refractivity contribution in [2.24, 2.45) is 0 Å². The van der Waals surface area contributed by atoms with Crippen LogP contribution in [0.15, 0.2) is 9.82 Å². The predicted octanol–water partition coefficient (Wildman–Crippen LogP) is 0.689. The minimum absolute atomic E-state index is 0.334. The Bertz CT molecular complexity index is 538. The van der Waals surface area contributed by atoms with Gasteiger partial charge in [-0.1, -0.05) is 0 Å². The largest absolute Gasteiger partial charge is 0.391 e. The number of carbonyl (C=O) groups excluding carboxylic acids is 1. The number of aromatic nitrogens is 2. The lowest BCUT2D eigenvalue weighted by atomic mass is 9.98. The van der Waals surface area contributed by atoms with E-state index in [4.69, 9.17) is 0 Å². The highest BCUT2D eigenvalue weighted by molar-refractivity contribution is 7.98. The van der Waals surface area contributed by atoms with Gasteiger partial charge in [-0.15, -0.1) is 11.8 Å². The maximum atomic E-state index is 12.3. The molecule has 3 N–H and O–H groups in total. The maximum absolute atomic E-state index is 12.3. The van der Waals surface area contributed by atoms with Gasteiger partial charge >= 0.3 is 5.69 Å². The van der Waals surface area contributed by atoms with Crippen LogP contribution in [0.25, 0.3) is 0 Å². The Labute approximate surface area is 116 Å². The highest BCUT2D eigenvalue weighted by atomic mass is 32.2. The molecule has 1 amide bonds. The number of thioether (sulfide) groups is 1. The first-order valence-corrected chi connectivity index (χ1v) is 7.07. The SMILES string of the molecule is CSc1nc(=O)[nH]c(C)c1C(=O)NC(C)(C)C(C)O. The summed E-state index contributed by atoms with van der Waals surface area (Å²) in [4.78, 5) is 29.8. The molecule has 1 unspecified atom stereocenters. The number of aryl methyl sites for hydroxylation is 1. The molecule has 0 aromatic carbocycles. The van der Waals surface area contributed by atoms with E-state index in [0.717, 1.165) is 0 Å². The van der Waals surface area contributed by atoms with E-state index in [-0.39, 0.29) is 5.91 Å². The van der Waals surface area contributed by atoms with Crippen molar-refractivity contribution in [1.82, 2.24) is 15.3 Å². The Morgan fingerprint density at radius 2 is 2.11 bits per heavy atom. The van der Waals surface area contributed by atoms with Crippen molar-refractivity contribution in [3.05, 3.63) is 21.7 Å². The minimum atomic E-state index is -0.769. The zero-order valence-corrected chi connectivity index (χ0v) is 12.5. The Morgan fingerprint density at radius 1 is 1.53 bits per heavy atom. The molecule has 1 rings (SSSR count). The van der Waals surface area contributed by atoms with Gasteiger partial charge in [0, 0.05) is 5.69 Å². The van der Waals surface area contributed by atoms with Crippen LogP contribution in [-0.4, -0.2) is 38.9 Å². The zero-order chi connectivity index (χ0) is 14.8. The average Bonchev–Trinajstić information content (AvgIpc) is 2.26. The van der Waals surface area contributed by atoms with Gasteiger partial charge in [0.25, 0.3) is 5.91 Å². The van der Waals surface area contributed by atoms with Crippen molar-refractivity contribution >= 4 is 17.7 Å². The highest BCUT2D eigenvalue weighted by Crippen LogP contribution is 2.19. The van der Waals surface area contributed by atoms with Gasteiger partial charge in [-0.25, -0.2) is 4.79 Å². The van der Waals surface area contributed by atoms with Gasteiger partial charge < -0.3 is 15.4 Å². The topological polar surface area (TPSA) is 95.1 Å². The summed E-state index contributed by atoms with van der Waals surface area (Å²) >= 11 is 1.23. The number of H-pyrrole nitrogens is 1. The number of rotatable bonds is 4. The Morgan fingerprint density at radius 3 is 2.58 bits per heavy atom. The van der Waals surface area contributed by atoms with Gasteiger partial charge in [0.1, 0.15) is 5.03 Å². The molecule has 6 nitrogen and oxygen atoms in total. The molecule has 0 radical (unpaired) electrons. The van der Waals surface area contributed by atoms with Crippen molar-refractivity contribution in [1.29, 1.82) is 0 Å². The van der Waals surface area contributed by atoms with Gasteiger partial charge in [-0.05, 0) is 34.0 Å². The summed E-state index contributed by atoms with van der Waals surface area (Å²) in [5.41, 5.74) is -0.452. The van der Waals surface area contributed by atoms with E-state index >= 15 is 0 Å². The van der Waals surface area contributed by atoms with E-state index in [0.29, 0.717) is 16.3 Å². The number of aliphatic hydroxyl groups excluding tert-OH is 1. The van der Waals surface area contributed by atoms with Crippen LogP contribution in [0.1, 0.15) is 36.8 Å². The predicted molar refractivity (Wildman–Crippen MR) is 74.6 cm³/mol. The monoisotopic (exact) mass is 285 g/mol. The molecule has 19 heavy (non-hydrogen) atoms. The van der Waals surface area contributed by atoms with E-state index in [1.165, 1.54) is 11.8 Å². The van der Waals surface area contributed by atoms with Crippen LogP contribution in [0.5, 0.6) is 0 Å². The fourth-order valence-electron chi connectivity index (χ4n) is 1.43. The van der Waals surface area contributed by atoms with Crippen LogP contribution in [0, 0.1) is 6.92 Å². The van der Waals surface area contributed by atoms with Crippen LogP contribution in [0.4, 0.5) is 0 Å². The lowest BCUT2D eigenvalue weighted by Gasteiger charge is -2.29. The summed E-state index contributed by atoms with van der Waals surface area (Å²) in [6, 6.07) is 0. The highest BCUT2D eigenvalue weighted by Gasteiger charge is 2.28. The molecule has 1 heterocycles. The van der Waals surface area contributed by atoms with Gasteiger partial charge in [0.2, 0.25) is 0 Å². The minimum Gasteiger partial charge on any atom is -0.391 e. The molecule has 1 aromatic heterocycles. The first kappa shape index (κ1) is 15.7. The molecule has 0 saturated heterocycles. The van der Waals surface area contributed by atoms with E-state index in [1.807, 2.05) is 0 Å². The normalized spacial score (nSPS) is 13.2. The number of hydrogen-bond acceptors (Lipinski definition) is 5. The van der Waals surface area contributed by atoms with E-state index < -0.39 is 17.3 Å². The standard InChI is InChI=1S/C12H19N3O3S/c1-6-8(10(19-5)14-11(18)13-6)9(17)15-12(3,4)7(2)16/h7,16H,1-5H3,(H,15,17)(H,13,14,18). The maximum Gasteiger partial charge on any atom is 0.346 e. The number of hydrogen-bond donors (Lipinski definition) is 3. The number of carbonyl (C=O) groups is 1. The second kappa shape index (κ2) is 5.75. The number of amides is 1. The smallest absolute Gasteiger partial charge is 0.346 e. The summed E-state index contributed by atoms with van der Waals surface area (Å²) in [7, 11) is 0. The summed E-state index contributed by atoms with van der Waals surface area (Å²) in [5.74, 6) is -0.364. The van der Waals surface area contributed by atoms with Gasteiger partial charge in [0.05, 0.1) is 17.2 Å². The molecule has 0 spiro atoms. The van der Waals surface area contributed by atoms with Gasteiger partial charge in [-0.2, -0.15) is 4.98 Å². The number of nitrogens with one attached hydrogen (secondary N) is 2. The molecule has 7 heteroatoms. The van der Waals surface area contributed by atoms with Crippen LogP contribution >= 0.6 is 11.8 Å². The summed E-state index contributed by atoms with van der Waals surface area (Å²) in [6.07, 6.45) is 1.04. The van der Waals surface area contributed by atoms with Gasteiger partial charge in [0.15, 0.2) is 0 Å². The zero-order valence-electron chi connectivity index (χ0n) is 11.7. The quantitative estimate of drug-likeness (QED) is 0.559. The molecule has 0 fully saturated rings.